The first kappa shape index (κ1) is 17.1. The Labute approximate surface area is 163 Å². The van der Waals surface area contributed by atoms with Crippen LogP contribution in [0.5, 0.6) is 10.8 Å². The number of benzene rings is 1. The summed E-state index contributed by atoms with van der Waals surface area (Å²) in [5.74, 6) is 1.55. The van der Waals surface area contributed by atoms with Crippen molar-refractivity contribution in [1.82, 2.24) is 19.6 Å². The van der Waals surface area contributed by atoms with Crippen molar-refractivity contribution < 1.29 is 4.74 Å². The minimum atomic E-state index is 0.683. The average Bonchev–Trinajstić information content (AvgIpc) is 3.23. The van der Waals surface area contributed by atoms with E-state index in [9.17, 15) is 0 Å². The molecular weight excluding hydrogens is 390 g/mol. The van der Waals surface area contributed by atoms with Crippen LogP contribution in [0.3, 0.4) is 0 Å². The Balaban J connectivity index is 1.37. The minimum absolute atomic E-state index is 0.683. The quantitative estimate of drug-likeness (QED) is 0.491. The normalized spacial score (nSPS) is 11.0. The van der Waals surface area contributed by atoms with Gasteiger partial charge in [-0.05, 0) is 31.0 Å². The Kier molecular flexibility index (Phi) is 4.96. The summed E-state index contributed by atoms with van der Waals surface area (Å²) < 4.78 is 9.65. The lowest BCUT2D eigenvalue weighted by Gasteiger charge is -2.08. The van der Waals surface area contributed by atoms with E-state index in [1.54, 1.807) is 6.33 Å². The zero-order chi connectivity index (χ0) is 17.9. The van der Waals surface area contributed by atoms with Gasteiger partial charge in [-0.3, -0.25) is 0 Å². The fourth-order valence-electron chi connectivity index (χ4n) is 2.45. The number of anilines is 1. The Bertz CT molecular complexity index is 1030. The highest BCUT2D eigenvalue weighted by atomic mass is 35.5. The first-order valence-electron chi connectivity index (χ1n) is 7.88. The summed E-state index contributed by atoms with van der Waals surface area (Å²) >= 11 is 8.99. The number of ether oxygens (including phenoxy) is 1. The van der Waals surface area contributed by atoms with Gasteiger partial charge in [-0.1, -0.05) is 28.2 Å². The molecule has 0 aliphatic heterocycles. The van der Waals surface area contributed by atoms with Crippen molar-refractivity contribution in [1.29, 1.82) is 0 Å². The van der Waals surface area contributed by atoms with Gasteiger partial charge in [-0.25, -0.2) is 9.97 Å². The number of halogens is 1. The van der Waals surface area contributed by atoms with E-state index in [1.807, 2.05) is 36.6 Å². The van der Waals surface area contributed by atoms with Crippen LogP contribution in [0.15, 0.2) is 36.0 Å². The van der Waals surface area contributed by atoms with Crippen LogP contribution in [0.2, 0.25) is 5.02 Å². The fraction of sp³-hybridized carbons (Fsp3) is 0.176. The summed E-state index contributed by atoms with van der Waals surface area (Å²) in [6, 6.07) is 8.00. The van der Waals surface area contributed by atoms with Crippen LogP contribution in [-0.4, -0.2) is 26.1 Å². The van der Waals surface area contributed by atoms with Crippen LogP contribution in [-0.2, 0) is 6.42 Å². The molecule has 0 aliphatic rings. The minimum Gasteiger partial charge on any atom is -0.443 e. The molecule has 0 radical (unpaired) electrons. The topological polar surface area (TPSA) is 72.8 Å². The van der Waals surface area contributed by atoms with Crippen molar-refractivity contribution in [2.45, 2.75) is 13.3 Å². The third-order valence-electron chi connectivity index (χ3n) is 3.78. The molecule has 0 saturated heterocycles. The van der Waals surface area contributed by atoms with Gasteiger partial charge in [0.2, 0.25) is 5.06 Å². The molecule has 0 saturated carbocycles. The van der Waals surface area contributed by atoms with Gasteiger partial charge in [-0.2, -0.15) is 0 Å². The van der Waals surface area contributed by atoms with Crippen LogP contribution < -0.4 is 10.1 Å². The summed E-state index contributed by atoms with van der Waals surface area (Å²) in [4.78, 5) is 9.43. The maximum absolute atomic E-state index is 6.23. The predicted molar refractivity (Wildman–Crippen MR) is 106 cm³/mol. The van der Waals surface area contributed by atoms with Gasteiger partial charge in [0, 0.05) is 23.5 Å². The molecule has 0 aliphatic carbocycles. The molecule has 4 rings (SSSR count). The Morgan fingerprint density at radius 2 is 2.04 bits per heavy atom. The monoisotopic (exact) mass is 403 g/mol. The summed E-state index contributed by atoms with van der Waals surface area (Å²) in [7, 11) is 0. The largest absolute Gasteiger partial charge is 0.443 e. The predicted octanol–water partition coefficient (Wildman–Crippen LogP) is 4.95. The molecule has 0 fully saturated rings. The van der Waals surface area contributed by atoms with E-state index in [-0.39, 0.29) is 0 Å². The Morgan fingerprint density at radius 3 is 2.81 bits per heavy atom. The van der Waals surface area contributed by atoms with Crippen molar-refractivity contribution in [2.24, 2.45) is 0 Å². The van der Waals surface area contributed by atoms with Crippen LogP contribution in [0, 0.1) is 6.92 Å². The molecule has 3 aromatic heterocycles. The molecule has 0 spiro atoms. The lowest BCUT2D eigenvalue weighted by molar-refractivity contribution is 0.491. The van der Waals surface area contributed by atoms with Gasteiger partial charge in [-0.15, -0.1) is 16.4 Å². The number of rotatable bonds is 6. The summed E-state index contributed by atoms with van der Waals surface area (Å²) in [6.45, 7) is 2.62. The zero-order valence-corrected chi connectivity index (χ0v) is 16.2. The number of nitrogens with one attached hydrogen (secondary N) is 1. The molecule has 0 amide bonds. The van der Waals surface area contributed by atoms with Crippen molar-refractivity contribution >= 4 is 50.5 Å². The molecule has 132 valence electrons. The van der Waals surface area contributed by atoms with E-state index in [0.717, 1.165) is 45.5 Å². The van der Waals surface area contributed by atoms with Gasteiger partial charge in [0.15, 0.2) is 0 Å². The second-order valence-corrected chi connectivity index (χ2v) is 7.54. The van der Waals surface area contributed by atoms with E-state index >= 15 is 0 Å². The Hall–Kier alpha value is -2.29. The standard InChI is InChI=1S/C17H14ClN5OS2/c1-10-17(26-23-22-10)24-12-4-2-11(3-5-12)6-7-19-15-14-13(18)8-25-16(14)21-9-20-15/h2-5,8-9H,6-7H2,1H3,(H,19,20,21). The van der Waals surface area contributed by atoms with Gasteiger partial charge in [0.25, 0.3) is 0 Å². The summed E-state index contributed by atoms with van der Waals surface area (Å²) in [5.41, 5.74) is 2.00. The van der Waals surface area contributed by atoms with Crippen molar-refractivity contribution in [3.63, 3.8) is 0 Å². The van der Waals surface area contributed by atoms with Crippen LogP contribution in [0.4, 0.5) is 5.82 Å². The second-order valence-electron chi connectivity index (χ2n) is 5.55. The SMILES string of the molecule is Cc1nnsc1Oc1ccc(CCNc2ncnc3scc(Cl)c23)cc1. The number of hydrogen-bond acceptors (Lipinski definition) is 8. The molecule has 1 N–H and O–H groups in total. The van der Waals surface area contributed by atoms with Crippen LogP contribution in [0.1, 0.15) is 11.3 Å². The molecule has 1 aromatic carbocycles. The molecule has 6 nitrogen and oxygen atoms in total. The van der Waals surface area contributed by atoms with Gasteiger partial charge >= 0.3 is 0 Å². The molecule has 0 unspecified atom stereocenters. The molecule has 0 atom stereocenters. The van der Waals surface area contributed by atoms with Crippen LogP contribution in [0.25, 0.3) is 10.2 Å². The molecule has 26 heavy (non-hydrogen) atoms. The van der Waals surface area contributed by atoms with Gasteiger partial charge < -0.3 is 10.1 Å². The van der Waals surface area contributed by atoms with Crippen LogP contribution >= 0.6 is 34.5 Å². The third kappa shape index (κ3) is 3.62. The van der Waals surface area contributed by atoms with Gasteiger partial charge in [0.1, 0.15) is 28.4 Å². The van der Waals surface area contributed by atoms with E-state index in [4.69, 9.17) is 16.3 Å². The highest BCUT2D eigenvalue weighted by Crippen LogP contribution is 2.32. The molecule has 0 bridgehead atoms. The van der Waals surface area contributed by atoms with E-state index < -0.39 is 0 Å². The van der Waals surface area contributed by atoms with Crippen molar-refractivity contribution in [3.05, 3.63) is 52.3 Å². The number of nitrogens with zero attached hydrogens (tertiary/aromatic N) is 4. The zero-order valence-electron chi connectivity index (χ0n) is 13.8. The van der Waals surface area contributed by atoms with E-state index in [2.05, 4.69) is 24.9 Å². The first-order chi connectivity index (χ1) is 12.7. The number of aromatic nitrogens is 4. The maximum atomic E-state index is 6.23. The summed E-state index contributed by atoms with van der Waals surface area (Å²) in [6.07, 6.45) is 2.41. The second kappa shape index (κ2) is 7.53. The molecule has 3 heterocycles. The Morgan fingerprint density at radius 1 is 1.19 bits per heavy atom. The maximum Gasteiger partial charge on any atom is 0.223 e. The summed E-state index contributed by atoms with van der Waals surface area (Å²) in [5, 5.41) is 11.5. The van der Waals surface area contributed by atoms with E-state index in [1.165, 1.54) is 28.4 Å². The van der Waals surface area contributed by atoms with Gasteiger partial charge in [0.05, 0.1) is 10.4 Å². The molecule has 4 aromatic rings. The average molecular weight is 404 g/mol. The van der Waals surface area contributed by atoms with Crippen molar-refractivity contribution in [3.8, 4) is 10.8 Å². The number of fused-ring (bicyclic) bond motifs is 1. The fourth-order valence-corrected chi connectivity index (χ4v) is 4.13. The van der Waals surface area contributed by atoms with E-state index in [0.29, 0.717) is 5.02 Å². The first-order valence-corrected chi connectivity index (χ1v) is 9.91. The number of thiophene rings is 1. The molecule has 9 heteroatoms. The third-order valence-corrected chi connectivity index (χ3v) is 5.80. The van der Waals surface area contributed by atoms with Crippen molar-refractivity contribution in [2.75, 3.05) is 11.9 Å². The lowest BCUT2D eigenvalue weighted by Crippen LogP contribution is -2.06. The smallest absolute Gasteiger partial charge is 0.223 e. The molecular formula is C17H14ClN5OS2. The highest BCUT2D eigenvalue weighted by molar-refractivity contribution is 7.17. The number of hydrogen-bond donors (Lipinski definition) is 1. The number of aryl methyl sites for hydroxylation is 1. The highest BCUT2D eigenvalue weighted by Gasteiger charge is 2.09. The lowest BCUT2D eigenvalue weighted by atomic mass is 10.1.